The molecule has 0 radical (unpaired) electrons. The molecular formula is C15H15N3. The van der Waals surface area contributed by atoms with E-state index in [9.17, 15) is 10.5 Å². The van der Waals surface area contributed by atoms with Gasteiger partial charge in [0.25, 0.3) is 0 Å². The Morgan fingerprint density at radius 2 is 1.78 bits per heavy atom. The quantitative estimate of drug-likeness (QED) is 0.753. The van der Waals surface area contributed by atoms with Crippen LogP contribution in [-0.2, 0) is 6.42 Å². The van der Waals surface area contributed by atoms with Crippen molar-refractivity contribution in [1.82, 2.24) is 4.90 Å². The van der Waals surface area contributed by atoms with Gasteiger partial charge in [-0.15, -0.1) is 0 Å². The number of hydrogen-bond donors (Lipinski definition) is 0. The number of nitrogens with zero attached hydrogens (tertiary/aromatic N) is 3. The summed E-state index contributed by atoms with van der Waals surface area (Å²) in [4.78, 5) is 2.32. The summed E-state index contributed by atoms with van der Waals surface area (Å²) in [7, 11) is 0. The molecule has 1 aliphatic carbocycles. The van der Waals surface area contributed by atoms with Crippen LogP contribution >= 0.6 is 0 Å². The molecule has 1 fully saturated rings. The minimum absolute atomic E-state index is 0.0359. The summed E-state index contributed by atoms with van der Waals surface area (Å²) in [6.07, 6.45) is 2.91. The monoisotopic (exact) mass is 237 g/mol. The average molecular weight is 237 g/mol. The summed E-state index contributed by atoms with van der Waals surface area (Å²) in [6, 6.07) is 12.7. The van der Waals surface area contributed by atoms with Crippen LogP contribution in [0.25, 0.3) is 0 Å². The van der Waals surface area contributed by atoms with E-state index in [1.54, 1.807) is 0 Å². The third-order valence-electron chi connectivity index (χ3n) is 4.19. The molecule has 0 bridgehead atoms. The van der Waals surface area contributed by atoms with Crippen LogP contribution in [0.3, 0.4) is 0 Å². The van der Waals surface area contributed by atoms with Gasteiger partial charge in [0.05, 0.1) is 18.2 Å². The fourth-order valence-corrected chi connectivity index (χ4v) is 3.36. The van der Waals surface area contributed by atoms with Crippen molar-refractivity contribution in [2.45, 2.75) is 25.3 Å². The molecular weight excluding hydrogens is 222 g/mol. The van der Waals surface area contributed by atoms with E-state index >= 15 is 0 Å². The van der Waals surface area contributed by atoms with Crippen LogP contribution in [0.5, 0.6) is 0 Å². The molecule has 0 amide bonds. The lowest BCUT2D eigenvalue weighted by Gasteiger charge is -2.31. The van der Waals surface area contributed by atoms with Gasteiger partial charge in [-0.05, 0) is 37.1 Å². The maximum Gasteiger partial charge on any atom is 0.167 e. The lowest BCUT2D eigenvalue weighted by molar-refractivity contribution is 0.179. The normalized spacial score (nSPS) is 25.3. The first kappa shape index (κ1) is 11.3. The smallest absolute Gasteiger partial charge is 0.167 e. The number of fused-ring (bicyclic) bond motifs is 1. The Labute approximate surface area is 107 Å². The van der Waals surface area contributed by atoms with Crippen LogP contribution < -0.4 is 0 Å². The Kier molecular flexibility index (Phi) is 2.58. The van der Waals surface area contributed by atoms with Gasteiger partial charge in [-0.2, -0.15) is 10.5 Å². The summed E-state index contributed by atoms with van der Waals surface area (Å²) < 4.78 is 0. The molecule has 3 rings (SSSR count). The molecule has 18 heavy (non-hydrogen) atoms. The summed E-state index contributed by atoms with van der Waals surface area (Å²) in [5.74, 6) is 0. The lowest BCUT2D eigenvalue weighted by atomic mass is 9.83. The standard InChI is InChI=1S/C15H15N3/c16-10-15(11-17)9-12-5-1-2-6-13(12)14(15)18-7-3-4-8-18/h1-2,5-6,14H,3-4,7-9H2. The third-order valence-corrected chi connectivity index (χ3v) is 4.19. The first-order chi connectivity index (χ1) is 8.80. The molecule has 0 spiro atoms. The molecule has 3 nitrogen and oxygen atoms in total. The van der Waals surface area contributed by atoms with Crippen molar-refractivity contribution in [2.24, 2.45) is 5.41 Å². The second-order valence-electron chi connectivity index (χ2n) is 5.22. The fourth-order valence-electron chi connectivity index (χ4n) is 3.36. The van der Waals surface area contributed by atoms with Crippen molar-refractivity contribution in [2.75, 3.05) is 13.1 Å². The van der Waals surface area contributed by atoms with Crippen molar-refractivity contribution in [3.05, 3.63) is 35.4 Å². The highest BCUT2D eigenvalue weighted by atomic mass is 15.2. The van der Waals surface area contributed by atoms with Gasteiger partial charge in [0.2, 0.25) is 0 Å². The zero-order chi connectivity index (χ0) is 12.6. The highest BCUT2D eigenvalue weighted by molar-refractivity contribution is 5.44. The molecule has 1 atom stereocenters. The molecule has 0 N–H and O–H groups in total. The van der Waals surface area contributed by atoms with E-state index in [1.165, 1.54) is 18.4 Å². The third kappa shape index (κ3) is 1.45. The van der Waals surface area contributed by atoms with Crippen molar-refractivity contribution < 1.29 is 0 Å². The number of hydrogen-bond acceptors (Lipinski definition) is 3. The molecule has 1 heterocycles. The van der Waals surface area contributed by atoms with Gasteiger partial charge in [-0.1, -0.05) is 24.3 Å². The predicted molar refractivity (Wildman–Crippen MR) is 67.4 cm³/mol. The molecule has 1 saturated heterocycles. The van der Waals surface area contributed by atoms with Crippen molar-refractivity contribution >= 4 is 0 Å². The van der Waals surface area contributed by atoms with Gasteiger partial charge in [-0.3, -0.25) is 4.90 Å². The zero-order valence-corrected chi connectivity index (χ0v) is 10.3. The maximum absolute atomic E-state index is 9.52. The summed E-state index contributed by atoms with van der Waals surface area (Å²) >= 11 is 0. The first-order valence-corrected chi connectivity index (χ1v) is 6.45. The Morgan fingerprint density at radius 1 is 1.11 bits per heavy atom. The van der Waals surface area contributed by atoms with Crippen LogP contribution in [0, 0.1) is 28.1 Å². The summed E-state index contributed by atoms with van der Waals surface area (Å²) in [6.45, 7) is 2.01. The first-order valence-electron chi connectivity index (χ1n) is 6.45. The van der Waals surface area contributed by atoms with E-state index in [0.29, 0.717) is 6.42 Å². The second-order valence-corrected chi connectivity index (χ2v) is 5.22. The van der Waals surface area contributed by atoms with Gasteiger partial charge in [0, 0.05) is 6.42 Å². The molecule has 1 aliphatic heterocycles. The molecule has 1 unspecified atom stereocenters. The molecule has 3 heteroatoms. The number of benzene rings is 1. The van der Waals surface area contributed by atoms with Crippen molar-refractivity contribution in [3.8, 4) is 12.1 Å². The van der Waals surface area contributed by atoms with Crippen LogP contribution in [-0.4, -0.2) is 18.0 Å². The van der Waals surface area contributed by atoms with E-state index in [2.05, 4.69) is 29.2 Å². The fraction of sp³-hybridized carbons (Fsp3) is 0.467. The van der Waals surface area contributed by atoms with Crippen molar-refractivity contribution in [3.63, 3.8) is 0 Å². The largest absolute Gasteiger partial charge is 0.294 e. The minimum Gasteiger partial charge on any atom is -0.294 e. The average Bonchev–Trinajstić information content (AvgIpc) is 3.03. The van der Waals surface area contributed by atoms with Crippen LogP contribution in [0.1, 0.15) is 30.0 Å². The van der Waals surface area contributed by atoms with Gasteiger partial charge in [0.1, 0.15) is 0 Å². The molecule has 1 aromatic carbocycles. The van der Waals surface area contributed by atoms with Crippen LogP contribution in [0.2, 0.25) is 0 Å². The second kappa shape index (κ2) is 4.12. The predicted octanol–water partition coefficient (Wildman–Crippen LogP) is 2.41. The number of rotatable bonds is 1. The Hall–Kier alpha value is -1.84. The molecule has 1 aromatic rings. The topological polar surface area (TPSA) is 50.8 Å². The van der Waals surface area contributed by atoms with Gasteiger partial charge >= 0.3 is 0 Å². The van der Waals surface area contributed by atoms with Gasteiger partial charge in [0.15, 0.2) is 5.41 Å². The van der Waals surface area contributed by atoms with E-state index < -0.39 is 5.41 Å². The maximum atomic E-state index is 9.52. The van der Waals surface area contributed by atoms with E-state index in [1.807, 2.05) is 12.1 Å². The summed E-state index contributed by atoms with van der Waals surface area (Å²) in [5.41, 5.74) is 1.45. The van der Waals surface area contributed by atoms with Gasteiger partial charge < -0.3 is 0 Å². The van der Waals surface area contributed by atoms with E-state index in [0.717, 1.165) is 18.7 Å². The van der Waals surface area contributed by atoms with Crippen LogP contribution in [0.15, 0.2) is 24.3 Å². The van der Waals surface area contributed by atoms with E-state index in [-0.39, 0.29) is 6.04 Å². The van der Waals surface area contributed by atoms with Crippen molar-refractivity contribution in [1.29, 1.82) is 10.5 Å². The minimum atomic E-state index is -0.895. The molecule has 2 aliphatic rings. The Bertz CT molecular complexity index is 530. The lowest BCUT2D eigenvalue weighted by Crippen LogP contribution is -2.35. The highest BCUT2D eigenvalue weighted by Gasteiger charge is 2.50. The Morgan fingerprint density at radius 3 is 2.44 bits per heavy atom. The molecule has 90 valence electrons. The Balaban J connectivity index is 2.10. The summed E-state index contributed by atoms with van der Waals surface area (Å²) in [5, 5.41) is 19.0. The number of nitriles is 2. The van der Waals surface area contributed by atoms with E-state index in [4.69, 9.17) is 0 Å². The van der Waals surface area contributed by atoms with Crippen LogP contribution in [0.4, 0.5) is 0 Å². The van der Waals surface area contributed by atoms with Gasteiger partial charge in [-0.25, -0.2) is 0 Å². The molecule has 0 aromatic heterocycles. The zero-order valence-electron chi connectivity index (χ0n) is 10.3. The highest BCUT2D eigenvalue weighted by Crippen LogP contribution is 2.49. The number of likely N-dealkylation sites (tertiary alicyclic amines) is 1. The molecule has 0 saturated carbocycles. The SMILES string of the molecule is N#CC1(C#N)Cc2ccccc2C1N1CCCC1.